The number of halogens is 2. The number of amides is 2. The Hall–Kier alpha value is -4.37. The van der Waals surface area contributed by atoms with Gasteiger partial charge in [-0.2, -0.15) is 0 Å². The van der Waals surface area contributed by atoms with Gasteiger partial charge >= 0.3 is 0 Å². The Balaban J connectivity index is 1.85. The first-order valence-electron chi connectivity index (χ1n) is 10.9. The van der Waals surface area contributed by atoms with Gasteiger partial charge in [0, 0.05) is 36.9 Å². The van der Waals surface area contributed by atoms with Gasteiger partial charge in [0.25, 0.3) is 5.91 Å². The minimum absolute atomic E-state index is 0.0397. The monoisotopic (exact) mass is 509 g/mol. The highest BCUT2D eigenvalue weighted by Crippen LogP contribution is 2.26. The maximum Gasteiger partial charge on any atom is 0.293 e. The maximum absolute atomic E-state index is 13.5. The van der Waals surface area contributed by atoms with Gasteiger partial charge in [0.15, 0.2) is 0 Å². The molecule has 2 amide bonds. The third-order valence-electron chi connectivity index (χ3n) is 4.92. The lowest BCUT2D eigenvalue weighted by molar-refractivity contribution is -0.119. The van der Waals surface area contributed by atoms with Crippen molar-refractivity contribution in [3.63, 3.8) is 0 Å². The summed E-state index contributed by atoms with van der Waals surface area (Å²) >= 11 is 5.92. The van der Waals surface area contributed by atoms with Crippen LogP contribution >= 0.6 is 11.6 Å². The molecule has 0 saturated carbocycles. The van der Waals surface area contributed by atoms with Gasteiger partial charge in [0.1, 0.15) is 17.3 Å². The van der Waals surface area contributed by atoms with Crippen molar-refractivity contribution >= 4 is 41.0 Å². The number of nitrogens with two attached hydrogens (primary N) is 1. The number of anilines is 2. The van der Waals surface area contributed by atoms with Crippen LogP contribution in [0.2, 0.25) is 5.02 Å². The molecule has 8 nitrogen and oxygen atoms in total. The van der Waals surface area contributed by atoms with Gasteiger partial charge in [-0.15, -0.1) is 0 Å². The summed E-state index contributed by atoms with van der Waals surface area (Å²) in [5, 5.41) is 16.6. The molecule has 36 heavy (non-hydrogen) atoms. The lowest BCUT2D eigenvalue weighted by atomic mass is 10.0. The minimum atomic E-state index is -0.599. The number of ether oxygens (including phenoxy) is 1. The van der Waals surface area contributed by atoms with Gasteiger partial charge in [-0.1, -0.05) is 29.8 Å². The van der Waals surface area contributed by atoms with Crippen LogP contribution in [-0.2, 0) is 9.59 Å². The summed E-state index contributed by atoms with van der Waals surface area (Å²) in [4.78, 5) is 24.2. The van der Waals surface area contributed by atoms with E-state index in [9.17, 15) is 14.0 Å². The molecule has 0 atom stereocenters. The van der Waals surface area contributed by atoms with Crippen molar-refractivity contribution in [2.24, 2.45) is 0 Å². The van der Waals surface area contributed by atoms with E-state index in [0.717, 1.165) is 17.3 Å². The Morgan fingerprint density at radius 3 is 2.25 bits per heavy atom. The Morgan fingerprint density at radius 2 is 1.64 bits per heavy atom. The molecule has 3 aromatic carbocycles. The van der Waals surface area contributed by atoms with E-state index in [4.69, 9.17) is 27.5 Å². The molecule has 0 bridgehead atoms. The molecule has 10 heteroatoms. The standard InChI is InChI=1S/C26H25ClFN5O3/c1-16(34)31-12-13-32-24(15-29)25(26(35)33-20-7-5-19(27)6-8-20)36-21-9-2-17(3-10-21)18-4-11-22(28)23(30)14-18/h2-11,14-15,29,32H,12-13,30H2,1H3,(H,31,34)(H,33,35)/b25-24-,29-15?. The van der Waals surface area contributed by atoms with E-state index in [-0.39, 0.29) is 36.1 Å². The fraction of sp³-hybridized carbons (Fsp3) is 0.115. The van der Waals surface area contributed by atoms with Crippen LogP contribution in [0.25, 0.3) is 11.1 Å². The van der Waals surface area contributed by atoms with Crippen LogP contribution in [0.3, 0.4) is 0 Å². The van der Waals surface area contributed by atoms with Gasteiger partial charge in [-0.3, -0.25) is 9.59 Å². The number of nitrogen functional groups attached to an aromatic ring is 1. The SMILES string of the molecule is CC(=O)NCCN/C(C=N)=C(\Oc1ccc(-c2ccc(F)c(N)c2)cc1)C(=O)Nc1ccc(Cl)cc1. The van der Waals surface area contributed by atoms with Crippen LogP contribution in [0.15, 0.2) is 78.2 Å². The molecule has 0 aromatic heterocycles. The molecule has 6 N–H and O–H groups in total. The van der Waals surface area contributed by atoms with Gasteiger partial charge in [-0.25, -0.2) is 4.39 Å². The zero-order chi connectivity index (χ0) is 26.1. The van der Waals surface area contributed by atoms with Crippen molar-refractivity contribution in [3.8, 4) is 16.9 Å². The number of carbonyl (C=O) groups is 2. The quantitative estimate of drug-likeness (QED) is 0.0913. The fourth-order valence-electron chi connectivity index (χ4n) is 3.13. The number of rotatable bonds is 10. The van der Waals surface area contributed by atoms with Crippen LogP contribution in [-0.4, -0.2) is 31.1 Å². The predicted octanol–water partition coefficient (Wildman–Crippen LogP) is 4.33. The second kappa shape index (κ2) is 12.4. The van der Waals surface area contributed by atoms with Gasteiger partial charge in [-0.05, 0) is 59.7 Å². The highest BCUT2D eigenvalue weighted by atomic mass is 35.5. The van der Waals surface area contributed by atoms with Crippen molar-refractivity contribution in [2.75, 3.05) is 24.1 Å². The number of nitrogens with one attached hydrogen (secondary N) is 4. The summed E-state index contributed by atoms with van der Waals surface area (Å²) in [6.45, 7) is 1.94. The van der Waals surface area contributed by atoms with Gasteiger partial charge in [0.05, 0.1) is 5.69 Å². The predicted molar refractivity (Wildman–Crippen MR) is 139 cm³/mol. The summed E-state index contributed by atoms with van der Waals surface area (Å²) in [5.74, 6) is -1.11. The molecular weight excluding hydrogens is 485 g/mol. The van der Waals surface area contributed by atoms with E-state index in [1.54, 1.807) is 54.6 Å². The number of allylic oxidation sites excluding steroid dienone is 1. The second-order valence-corrected chi connectivity index (χ2v) is 8.06. The highest BCUT2D eigenvalue weighted by molar-refractivity contribution is 6.30. The Bertz CT molecular complexity index is 1280. The first kappa shape index (κ1) is 26.2. The van der Waals surface area contributed by atoms with Crippen molar-refractivity contribution in [1.82, 2.24) is 10.6 Å². The van der Waals surface area contributed by atoms with E-state index in [2.05, 4.69) is 16.0 Å². The summed E-state index contributed by atoms with van der Waals surface area (Å²) in [6, 6.07) is 17.7. The fourth-order valence-corrected chi connectivity index (χ4v) is 3.26. The maximum atomic E-state index is 13.5. The number of hydrogen-bond acceptors (Lipinski definition) is 6. The Kier molecular flexibility index (Phi) is 9.01. The van der Waals surface area contributed by atoms with E-state index in [1.807, 2.05) is 0 Å². The molecule has 3 aromatic rings. The summed E-state index contributed by atoms with van der Waals surface area (Å²) in [6.07, 6.45) is 0.959. The summed E-state index contributed by atoms with van der Waals surface area (Å²) < 4.78 is 19.4. The average molecular weight is 510 g/mol. The number of benzene rings is 3. The van der Waals surface area contributed by atoms with Crippen molar-refractivity contribution in [2.45, 2.75) is 6.92 Å². The van der Waals surface area contributed by atoms with Gasteiger partial charge in [0.2, 0.25) is 11.7 Å². The second-order valence-electron chi connectivity index (χ2n) is 7.62. The minimum Gasteiger partial charge on any atom is -0.449 e. The average Bonchev–Trinajstić information content (AvgIpc) is 2.86. The molecule has 0 aliphatic heterocycles. The molecule has 186 valence electrons. The van der Waals surface area contributed by atoms with E-state index < -0.39 is 11.7 Å². The summed E-state index contributed by atoms with van der Waals surface area (Å²) in [7, 11) is 0. The molecule has 0 radical (unpaired) electrons. The molecule has 0 aliphatic rings. The zero-order valence-corrected chi connectivity index (χ0v) is 20.2. The molecule has 0 heterocycles. The van der Waals surface area contributed by atoms with Crippen LogP contribution in [0.5, 0.6) is 5.75 Å². The van der Waals surface area contributed by atoms with Crippen molar-refractivity contribution < 1.29 is 18.7 Å². The molecule has 0 spiro atoms. The number of hydrogen-bond donors (Lipinski definition) is 5. The van der Waals surface area contributed by atoms with Crippen LogP contribution < -0.4 is 26.4 Å². The Labute approximate surface area is 212 Å². The molecule has 0 unspecified atom stereocenters. The van der Waals surface area contributed by atoms with E-state index >= 15 is 0 Å². The molecule has 0 aliphatic carbocycles. The lowest BCUT2D eigenvalue weighted by Gasteiger charge is -2.16. The first-order valence-corrected chi connectivity index (χ1v) is 11.3. The topological polar surface area (TPSA) is 129 Å². The summed E-state index contributed by atoms with van der Waals surface area (Å²) in [5.41, 5.74) is 7.79. The number of carbonyl (C=O) groups excluding carboxylic acids is 2. The van der Waals surface area contributed by atoms with Crippen LogP contribution in [0, 0.1) is 11.2 Å². The van der Waals surface area contributed by atoms with E-state index in [1.165, 1.54) is 19.1 Å². The zero-order valence-electron chi connectivity index (χ0n) is 19.4. The van der Waals surface area contributed by atoms with Crippen molar-refractivity contribution in [3.05, 3.63) is 89.0 Å². The normalized spacial score (nSPS) is 11.2. The molecule has 0 saturated heterocycles. The third-order valence-corrected chi connectivity index (χ3v) is 5.17. The van der Waals surface area contributed by atoms with Gasteiger partial charge < -0.3 is 31.8 Å². The molecule has 3 rings (SSSR count). The smallest absolute Gasteiger partial charge is 0.293 e. The Morgan fingerprint density at radius 1 is 1.00 bits per heavy atom. The molecular formula is C26H25ClFN5O3. The van der Waals surface area contributed by atoms with Crippen LogP contribution in [0.1, 0.15) is 6.92 Å². The van der Waals surface area contributed by atoms with E-state index in [0.29, 0.717) is 16.5 Å². The molecule has 0 fully saturated rings. The van der Waals surface area contributed by atoms with Crippen molar-refractivity contribution in [1.29, 1.82) is 5.41 Å². The lowest BCUT2D eigenvalue weighted by Crippen LogP contribution is -2.32. The first-order chi connectivity index (χ1) is 17.3. The third kappa shape index (κ3) is 7.31. The van der Waals surface area contributed by atoms with Crippen LogP contribution in [0.4, 0.5) is 15.8 Å². The largest absolute Gasteiger partial charge is 0.449 e. The highest BCUT2D eigenvalue weighted by Gasteiger charge is 2.18.